The summed E-state index contributed by atoms with van der Waals surface area (Å²) in [5.74, 6) is -1.07. The van der Waals surface area contributed by atoms with Gasteiger partial charge >= 0.3 is 0 Å². The van der Waals surface area contributed by atoms with Crippen molar-refractivity contribution in [1.82, 2.24) is 5.06 Å². The maximum absolute atomic E-state index is 13.2. The highest BCUT2D eigenvalue weighted by atomic mass is 19.1. The van der Waals surface area contributed by atoms with Crippen molar-refractivity contribution in [2.45, 2.75) is 46.0 Å². The molecule has 3 rings (SSSR count). The molecule has 0 spiro atoms. The van der Waals surface area contributed by atoms with Crippen LogP contribution in [0.1, 0.15) is 48.8 Å². The Bertz CT molecular complexity index is 891. The van der Waals surface area contributed by atoms with Gasteiger partial charge in [-0.3, -0.25) is 4.79 Å². The first-order valence-corrected chi connectivity index (χ1v) is 10.4. The van der Waals surface area contributed by atoms with E-state index >= 15 is 0 Å². The third-order valence-electron chi connectivity index (χ3n) is 6.35. The van der Waals surface area contributed by atoms with Crippen LogP contribution < -0.4 is 0 Å². The lowest BCUT2D eigenvalue weighted by Gasteiger charge is -2.38. The van der Waals surface area contributed by atoms with Crippen LogP contribution in [-0.4, -0.2) is 37.3 Å². The summed E-state index contributed by atoms with van der Waals surface area (Å²) in [6.45, 7) is 7.56. The van der Waals surface area contributed by atoms with Crippen molar-refractivity contribution in [2.24, 2.45) is 5.41 Å². The van der Waals surface area contributed by atoms with Gasteiger partial charge in [-0.25, -0.2) is 4.39 Å². The molecule has 0 bridgehead atoms. The average Bonchev–Trinajstić information content (AvgIpc) is 2.71. The Labute approximate surface area is 178 Å². The number of benzene rings is 2. The number of carbonyl (C=O) groups is 2. The summed E-state index contributed by atoms with van der Waals surface area (Å²) in [7, 11) is 1.66. The summed E-state index contributed by atoms with van der Waals surface area (Å²) in [5, 5.41) is 1.91. The van der Waals surface area contributed by atoms with Crippen molar-refractivity contribution in [2.75, 3.05) is 20.2 Å². The molecule has 0 aliphatic carbocycles. The molecule has 2 aromatic carbocycles. The lowest BCUT2D eigenvalue weighted by atomic mass is 9.73. The number of aldehydes is 1. The van der Waals surface area contributed by atoms with Gasteiger partial charge in [0.1, 0.15) is 17.9 Å². The molecule has 2 aromatic rings. The van der Waals surface area contributed by atoms with Gasteiger partial charge in [-0.2, -0.15) is 5.06 Å². The van der Waals surface area contributed by atoms with E-state index in [1.807, 2.05) is 31.0 Å². The van der Waals surface area contributed by atoms with Crippen LogP contribution in [0.25, 0.3) is 11.1 Å². The molecule has 1 unspecified atom stereocenters. The minimum atomic E-state index is -0.760. The van der Waals surface area contributed by atoms with Crippen LogP contribution in [0.3, 0.4) is 0 Å². The second kappa shape index (κ2) is 9.19. The lowest BCUT2D eigenvalue weighted by molar-refractivity contribution is -0.159. The van der Waals surface area contributed by atoms with Crippen LogP contribution in [-0.2, 0) is 14.4 Å². The lowest BCUT2D eigenvalue weighted by Crippen LogP contribution is -2.39. The number of carbonyl (C=O) groups excluding carboxylic acids is 2. The van der Waals surface area contributed by atoms with Gasteiger partial charge in [-0.15, -0.1) is 0 Å². The third kappa shape index (κ3) is 4.85. The van der Waals surface area contributed by atoms with Crippen LogP contribution in [0, 0.1) is 25.1 Å². The number of hydroxylamine groups is 2. The number of halogens is 1. The molecule has 0 radical (unpaired) electrons. The van der Waals surface area contributed by atoms with E-state index in [9.17, 15) is 14.0 Å². The van der Waals surface area contributed by atoms with Crippen molar-refractivity contribution in [1.29, 1.82) is 0 Å². The molecule has 1 saturated heterocycles. The summed E-state index contributed by atoms with van der Waals surface area (Å²) < 4.78 is 13.2. The number of nitrogens with zero attached hydrogens (tertiary/aromatic N) is 1. The Morgan fingerprint density at radius 3 is 2.20 bits per heavy atom. The maximum atomic E-state index is 13.2. The topological polar surface area (TPSA) is 46.6 Å². The zero-order chi connectivity index (χ0) is 21.9. The van der Waals surface area contributed by atoms with E-state index in [-0.39, 0.29) is 17.0 Å². The highest BCUT2D eigenvalue weighted by Gasteiger charge is 2.35. The molecule has 30 heavy (non-hydrogen) atoms. The average molecular weight is 412 g/mol. The minimum absolute atomic E-state index is 0.0286. The Morgan fingerprint density at radius 2 is 1.70 bits per heavy atom. The van der Waals surface area contributed by atoms with Gasteiger partial charge in [-0.1, -0.05) is 31.2 Å². The Morgan fingerprint density at radius 1 is 1.13 bits per heavy atom. The van der Waals surface area contributed by atoms with Gasteiger partial charge in [0.25, 0.3) is 0 Å². The molecule has 160 valence electrons. The summed E-state index contributed by atoms with van der Waals surface area (Å²) in [4.78, 5) is 30.5. The fourth-order valence-electron chi connectivity index (χ4n) is 4.50. The van der Waals surface area contributed by atoms with Crippen LogP contribution >= 0.6 is 0 Å². The van der Waals surface area contributed by atoms with E-state index in [1.54, 1.807) is 19.2 Å². The van der Waals surface area contributed by atoms with Gasteiger partial charge in [-0.05, 0) is 72.1 Å². The normalized spacial score (nSPS) is 17.5. The number of aryl methyl sites for hydroxylation is 2. The molecule has 1 fully saturated rings. The van der Waals surface area contributed by atoms with Gasteiger partial charge in [0.2, 0.25) is 0 Å². The number of Topliss-reactive ketones (excluding diaryl/α,β-unsaturated/α-hetero) is 1. The van der Waals surface area contributed by atoms with Crippen LogP contribution in [0.15, 0.2) is 36.4 Å². The van der Waals surface area contributed by atoms with Crippen LogP contribution in [0.4, 0.5) is 4.39 Å². The molecular weight excluding hydrogens is 381 g/mol. The minimum Gasteiger partial charge on any atom is -0.302 e. The molecule has 1 aliphatic heterocycles. The molecule has 4 nitrogen and oxygen atoms in total. The molecule has 0 aromatic heterocycles. The van der Waals surface area contributed by atoms with Gasteiger partial charge < -0.3 is 9.63 Å². The molecule has 1 heterocycles. The summed E-state index contributed by atoms with van der Waals surface area (Å²) in [5.41, 5.74) is 4.32. The summed E-state index contributed by atoms with van der Waals surface area (Å²) in [6, 6.07) is 10.3. The quantitative estimate of drug-likeness (QED) is 0.474. The fourth-order valence-corrected chi connectivity index (χ4v) is 4.50. The first-order chi connectivity index (χ1) is 14.3. The van der Waals surface area contributed by atoms with E-state index in [4.69, 9.17) is 4.84 Å². The maximum Gasteiger partial charge on any atom is 0.148 e. The third-order valence-corrected chi connectivity index (χ3v) is 6.35. The van der Waals surface area contributed by atoms with Crippen LogP contribution in [0.5, 0.6) is 0 Å². The van der Waals surface area contributed by atoms with Crippen molar-refractivity contribution in [3.63, 3.8) is 0 Å². The number of ketones is 1. The Hall–Kier alpha value is -2.37. The zero-order valence-electron chi connectivity index (χ0n) is 18.2. The predicted molar refractivity (Wildman–Crippen MR) is 116 cm³/mol. The number of rotatable bonds is 7. The summed E-state index contributed by atoms with van der Waals surface area (Å²) in [6.07, 6.45) is 2.88. The fraction of sp³-hybridized carbons (Fsp3) is 0.440. The molecular formula is C25H30FNO3. The second-order valence-electron chi connectivity index (χ2n) is 8.71. The predicted octanol–water partition coefficient (Wildman–Crippen LogP) is 5.01. The molecule has 1 aliphatic rings. The first-order valence-electron chi connectivity index (χ1n) is 10.4. The Balaban J connectivity index is 1.83. The van der Waals surface area contributed by atoms with E-state index in [1.165, 1.54) is 12.1 Å². The van der Waals surface area contributed by atoms with E-state index in [0.717, 1.165) is 60.0 Å². The van der Waals surface area contributed by atoms with E-state index in [2.05, 4.69) is 6.92 Å². The smallest absolute Gasteiger partial charge is 0.148 e. The van der Waals surface area contributed by atoms with Crippen molar-refractivity contribution in [3.8, 4) is 11.1 Å². The van der Waals surface area contributed by atoms with Gasteiger partial charge in [0.05, 0.1) is 13.0 Å². The highest BCUT2D eigenvalue weighted by molar-refractivity contribution is 6.00. The summed E-state index contributed by atoms with van der Waals surface area (Å²) >= 11 is 0. The molecule has 0 amide bonds. The second-order valence-corrected chi connectivity index (χ2v) is 8.71. The standard InChI is InChI=1S/C25H30FNO3/c1-17-13-20(19-5-7-21(26)8-6-19)14-18(2)24(17)22(16-28)23(29)15-25(3)9-11-27(30-4)12-10-25/h5-8,13-14,16,22H,9-12,15H2,1-4H3. The van der Waals surface area contributed by atoms with E-state index in [0.29, 0.717) is 6.42 Å². The van der Waals surface area contributed by atoms with Crippen molar-refractivity contribution in [3.05, 3.63) is 58.9 Å². The number of hydrogen-bond acceptors (Lipinski definition) is 4. The molecule has 5 heteroatoms. The van der Waals surface area contributed by atoms with Gasteiger partial charge in [0, 0.05) is 19.5 Å². The number of hydrogen-bond donors (Lipinski definition) is 0. The monoisotopic (exact) mass is 411 g/mol. The number of piperidine rings is 1. The molecule has 0 N–H and O–H groups in total. The van der Waals surface area contributed by atoms with Crippen LogP contribution in [0.2, 0.25) is 0 Å². The SMILES string of the molecule is CON1CCC(C)(CC(=O)C(C=O)c2c(C)cc(-c3ccc(F)cc3)cc2C)CC1. The van der Waals surface area contributed by atoms with Gasteiger partial charge in [0.15, 0.2) is 0 Å². The molecule has 1 atom stereocenters. The van der Waals surface area contributed by atoms with Crippen molar-refractivity contribution >= 4 is 12.1 Å². The zero-order valence-corrected chi connectivity index (χ0v) is 18.2. The molecule has 0 saturated carbocycles. The highest BCUT2D eigenvalue weighted by Crippen LogP contribution is 2.38. The first kappa shape index (κ1) is 22.3. The van der Waals surface area contributed by atoms with Crippen molar-refractivity contribution < 1.29 is 18.8 Å². The Kier molecular flexibility index (Phi) is 6.84. The van der Waals surface area contributed by atoms with E-state index < -0.39 is 5.92 Å². The largest absolute Gasteiger partial charge is 0.302 e.